The number of nitrogens with one attached hydrogen (secondary N) is 1. The van der Waals surface area contributed by atoms with Crippen molar-refractivity contribution in [2.24, 2.45) is 0 Å². The van der Waals surface area contributed by atoms with E-state index in [1.165, 1.54) is 21.0 Å². The average molecular weight is 282 g/mol. The van der Waals surface area contributed by atoms with Gasteiger partial charge in [0.25, 0.3) is 0 Å². The molecule has 0 radical (unpaired) electrons. The maximum absolute atomic E-state index is 5.80. The van der Waals surface area contributed by atoms with Crippen molar-refractivity contribution >= 4 is 26.9 Å². The van der Waals surface area contributed by atoms with Gasteiger partial charge in [0.1, 0.15) is 11.3 Å². The van der Waals surface area contributed by atoms with Crippen LogP contribution >= 0.6 is 15.9 Å². The van der Waals surface area contributed by atoms with E-state index in [0.29, 0.717) is 0 Å². The number of hydrogen-bond acceptors (Lipinski definition) is 2. The third-order valence-electron chi connectivity index (χ3n) is 2.79. The second-order valence-corrected chi connectivity index (χ2v) is 4.83. The van der Waals surface area contributed by atoms with Crippen LogP contribution in [0.15, 0.2) is 21.0 Å². The predicted molar refractivity (Wildman–Crippen MR) is 70.8 cm³/mol. The molecular formula is C13H16BrNO. The van der Waals surface area contributed by atoms with E-state index in [2.05, 4.69) is 54.2 Å². The van der Waals surface area contributed by atoms with Crippen LogP contribution in [0.2, 0.25) is 0 Å². The van der Waals surface area contributed by atoms with Crippen molar-refractivity contribution in [3.05, 3.63) is 33.5 Å². The van der Waals surface area contributed by atoms with Crippen LogP contribution < -0.4 is 5.32 Å². The van der Waals surface area contributed by atoms with Gasteiger partial charge in [0.2, 0.25) is 0 Å². The number of rotatable bonds is 3. The summed E-state index contributed by atoms with van der Waals surface area (Å²) in [6.45, 7) is 8.05. The molecule has 0 spiro atoms. The summed E-state index contributed by atoms with van der Waals surface area (Å²) in [4.78, 5) is 0. The number of furan rings is 1. The van der Waals surface area contributed by atoms with E-state index >= 15 is 0 Å². The highest BCUT2D eigenvalue weighted by Gasteiger charge is 2.10. The SMILES string of the molecule is CCNCc1cc2c(C)c(Br)c(C)cc2o1. The maximum atomic E-state index is 5.80. The lowest BCUT2D eigenvalue weighted by Gasteiger charge is -2.02. The summed E-state index contributed by atoms with van der Waals surface area (Å²) in [5.74, 6) is 0.998. The molecule has 0 fully saturated rings. The minimum Gasteiger partial charge on any atom is -0.460 e. The van der Waals surface area contributed by atoms with E-state index in [0.717, 1.165) is 24.4 Å². The molecule has 3 heteroatoms. The quantitative estimate of drug-likeness (QED) is 0.923. The molecule has 1 heterocycles. The zero-order valence-corrected chi connectivity index (χ0v) is 11.4. The van der Waals surface area contributed by atoms with Gasteiger partial charge in [-0.15, -0.1) is 0 Å². The van der Waals surface area contributed by atoms with E-state index in [9.17, 15) is 0 Å². The molecule has 0 bridgehead atoms. The minimum absolute atomic E-state index is 0.793. The summed E-state index contributed by atoms with van der Waals surface area (Å²) in [6.07, 6.45) is 0. The van der Waals surface area contributed by atoms with Crippen LogP contribution in [0.25, 0.3) is 11.0 Å². The molecule has 0 aliphatic carbocycles. The Kier molecular flexibility index (Phi) is 3.36. The lowest BCUT2D eigenvalue weighted by molar-refractivity contribution is 0.520. The second-order valence-electron chi connectivity index (χ2n) is 4.04. The summed E-state index contributed by atoms with van der Waals surface area (Å²) in [6, 6.07) is 4.21. The monoisotopic (exact) mass is 281 g/mol. The molecule has 16 heavy (non-hydrogen) atoms. The van der Waals surface area contributed by atoms with Crippen LogP contribution in [0.5, 0.6) is 0 Å². The first kappa shape index (κ1) is 11.7. The van der Waals surface area contributed by atoms with Crippen LogP contribution in [0, 0.1) is 13.8 Å². The summed E-state index contributed by atoms with van der Waals surface area (Å²) >= 11 is 3.60. The molecule has 86 valence electrons. The van der Waals surface area contributed by atoms with E-state index < -0.39 is 0 Å². The van der Waals surface area contributed by atoms with Gasteiger partial charge < -0.3 is 9.73 Å². The van der Waals surface area contributed by atoms with Crippen molar-refractivity contribution in [2.45, 2.75) is 27.3 Å². The lowest BCUT2D eigenvalue weighted by Crippen LogP contribution is -2.10. The standard InChI is InChI=1S/C13H16BrNO/c1-4-15-7-10-6-11-9(3)13(14)8(2)5-12(11)16-10/h5-6,15H,4,7H2,1-3H3. The zero-order chi connectivity index (χ0) is 11.7. The van der Waals surface area contributed by atoms with E-state index in [4.69, 9.17) is 4.42 Å². The largest absolute Gasteiger partial charge is 0.460 e. The Morgan fingerprint density at radius 1 is 1.31 bits per heavy atom. The van der Waals surface area contributed by atoms with Crippen LogP contribution in [0.1, 0.15) is 23.8 Å². The predicted octanol–water partition coefficient (Wildman–Crippen LogP) is 3.92. The Morgan fingerprint density at radius 2 is 2.06 bits per heavy atom. The zero-order valence-electron chi connectivity index (χ0n) is 9.86. The van der Waals surface area contributed by atoms with Gasteiger partial charge in [0.05, 0.1) is 6.54 Å². The molecular weight excluding hydrogens is 266 g/mol. The topological polar surface area (TPSA) is 25.2 Å². The smallest absolute Gasteiger partial charge is 0.134 e. The van der Waals surface area contributed by atoms with Gasteiger partial charge in [0, 0.05) is 9.86 Å². The van der Waals surface area contributed by atoms with Gasteiger partial charge in [-0.05, 0) is 43.7 Å². The Bertz CT molecular complexity index is 516. The number of halogens is 1. The number of aryl methyl sites for hydroxylation is 2. The summed E-state index contributed by atoms with van der Waals surface area (Å²) in [5.41, 5.74) is 3.45. The summed E-state index contributed by atoms with van der Waals surface area (Å²) in [5, 5.41) is 4.47. The Labute approximate surface area is 104 Å². The third-order valence-corrected chi connectivity index (χ3v) is 4.01. The van der Waals surface area contributed by atoms with Gasteiger partial charge in [0.15, 0.2) is 0 Å². The van der Waals surface area contributed by atoms with Crippen molar-refractivity contribution in [1.82, 2.24) is 5.32 Å². The molecule has 0 amide bonds. The molecule has 0 aliphatic heterocycles. The summed E-state index contributed by atoms with van der Waals surface area (Å²) in [7, 11) is 0. The van der Waals surface area contributed by atoms with Gasteiger partial charge in [-0.25, -0.2) is 0 Å². The van der Waals surface area contributed by atoms with E-state index in [1.807, 2.05) is 0 Å². The molecule has 2 rings (SSSR count). The van der Waals surface area contributed by atoms with E-state index in [1.54, 1.807) is 0 Å². The molecule has 0 atom stereocenters. The van der Waals surface area contributed by atoms with E-state index in [-0.39, 0.29) is 0 Å². The second kappa shape index (κ2) is 4.60. The van der Waals surface area contributed by atoms with Gasteiger partial charge >= 0.3 is 0 Å². The first-order valence-electron chi connectivity index (χ1n) is 5.52. The average Bonchev–Trinajstić information content (AvgIpc) is 2.66. The highest BCUT2D eigenvalue weighted by molar-refractivity contribution is 9.10. The lowest BCUT2D eigenvalue weighted by atomic mass is 10.1. The van der Waals surface area contributed by atoms with Gasteiger partial charge in [-0.3, -0.25) is 0 Å². The molecule has 1 N–H and O–H groups in total. The molecule has 0 saturated heterocycles. The maximum Gasteiger partial charge on any atom is 0.134 e. The van der Waals surface area contributed by atoms with Crippen LogP contribution in [-0.2, 0) is 6.54 Å². The van der Waals surface area contributed by atoms with Crippen LogP contribution in [0.3, 0.4) is 0 Å². The highest BCUT2D eigenvalue weighted by Crippen LogP contribution is 2.31. The first-order chi connectivity index (χ1) is 7.63. The number of fused-ring (bicyclic) bond motifs is 1. The number of hydrogen-bond donors (Lipinski definition) is 1. The minimum atomic E-state index is 0.793. The van der Waals surface area contributed by atoms with Crippen molar-refractivity contribution in [1.29, 1.82) is 0 Å². The molecule has 2 aromatic rings. The third kappa shape index (κ3) is 2.02. The molecule has 0 aliphatic rings. The fourth-order valence-electron chi connectivity index (χ4n) is 1.87. The number of benzene rings is 1. The fraction of sp³-hybridized carbons (Fsp3) is 0.385. The van der Waals surface area contributed by atoms with Gasteiger partial charge in [-0.2, -0.15) is 0 Å². The van der Waals surface area contributed by atoms with Crippen molar-refractivity contribution in [3.63, 3.8) is 0 Å². The van der Waals surface area contributed by atoms with Crippen LogP contribution in [0.4, 0.5) is 0 Å². The fourth-order valence-corrected chi connectivity index (χ4v) is 2.20. The molecule has 0 saturated carbocycles. The van der Waals surface area contributed by atoms with Gasteiger partial charge in [-0.1, -0.05) is 22.9 Å². The Balaban J connectivity index is 2.49. The van der Waals surface area contributed by atoms with Crippen molar-refractivity contribution < 1.29 is 4.42 Å². The Morgan fingerprint density at radius 3 is 2.75 bits per heavy atom. The normalized spacial score (nSPS) is 11.2. The Hall–Kier alpha value is -0.800. The first-order valence-corrected chi connectivity index (χ1v) is 6.31. The molecule has 1 aromatic heterocycles. The van der Waals surface area contributed by atoms with Crippen molar-refractivity contribution in [2.75, 3.05) is 6.54 Å². The molecule has 1 aromatic carbocycles. The summed E-state index contributed by atoms with van der Waals surface area (Å²) < 4.78 is 6.98. The van der Waals surface area contributed by atoms with Crippen molar-refractivity contribution in [3.8, 4) is 0 Å². The van der Waals surface area contributed by atoms with Crippen LogP contribution in [-0.4, -0.2) is 6.54 Å². The molecule has 2 nitrogen and oxygen atoms in total. The molecule has 0 unspecified atom stereocenters. The highest BCUT2D eigenvalue weighted by atomic mass is 79.9.